The van der Waals surface area contributed by atoms with Crippen molar-refractivity contribution in [2.45, 2.75) is 26.1 Å². The van der Waals surface area contributed by atoms with Crippen LogP contribution in [-0.4, -0.2) is 25.9 Å². The van der Waals surface area contributed by atoms with Crippen LogP contribution in [0.15, 0.2) is 12.1 Å². The molecule has 1 N–H and O–H groups in total. The van der Waals surface area contributed by atoms with E-state index in [4.69, 9.17) is 0 Å². The molecular formula is C9H10F3N5. The van der Waals surface area contributed by atoms with Crippen LogP contribution in [0.5, 0.6) is 0 Å². The molecule has 5 nitrogen and oxygen atoms in total. The van der Waals surface area contributed by atoms with E-state index < -0.39 is 12.0 Å². The second-order valence-electron chi connectivity index (χ2n) is 3.81. The normalized spacial score (nSPS) is 12.4. The van der Waals surface area contributed by atoms with Crippen LogP contribution in [0.1, 0.15) is 19.7 Å². The van der Waals surface area contributed by atoms with Crippen molar-refractivity contribution in [3.63, 3.8) is 0 Å². The molecule has 0 saturated heterocycles. The van der Waals surface area contributed by atoms with Crippen LogP contribution in [0.25, 0.3) is 5.65 Å². The lowest BCUT2D eigenvalue weighted by Crippen LogP contribution is -2.15. The molecular weight excluding hydrogens is 235 g/mol. The van der Waals surface area contributed by atoms with Gasteiger partial charge in [-0.1, -0.05) is 0 Å². The number of fused-ring (bicyclic) bond motifs is 1. The summed E-state index contributed by atoms with van der Waals surface area (Å²) in [5.74, 6) is -0.780. The Hall–Kier alpha value is -1.86. The van der Waals surface area contributed by atoms with Crippen LogP contribution < -0.4 is 5.32 Å². The van der Waals surface area contributed by atoms with Crippen molar-refractivity contribution in [1.29, 1.82) is 0 Å². The number of aromatic nitrogens is 4. The Kier molecular flexibility index (Phi) is 2.64. The van der Waals surface area contributed by atoms with E-state index in [1.54, 1.807) is 6.07 Å². The molecule has 0 aromatic carbocycles. The predicted molar refractivity (Wildman–Crippen MR) is 54.5 cm³/mol. The van der Waals surface area contributed by atoms with E-state index in [0.29, 0.717) is 10.3 Å². The monoisotopic (exact) mass is 245 g/mol. The molecule has 0 saturated carbocycles. The molecule has 8 heteroatoms. The third kappa shape index (κ3) is 2.29. The minimum atomic E-state index is -4.57. The van der Waals surface area contributed by atoms with Crippen molar-refractivity contribution < 1.29 is 13.2 Å². The van der Waals surface area contributed by atoms with Gasteiger partial charge in [-0.3, -0.25) is 0 Å². The van der Waals surface area contributed by atoms with Crippen LogP contribution >= 0.6 is 0 Å². The molecule has 0 radical (unpaired) electrons. The van der Waals surface area contributed by atoms with E-state index in [0.717, 1.165) is 0 Å². The SMILES string of the molecule is CC(C)Nc1ccc2nnc(C(F)(F)F)n2n1. The summed E-state index contributed by atoms with van der Waals surface area (Å²) in [6, 6.07) is 3.06. The molecule has 0 aliphatic heterocycles. The average Bonchev–Trinajstić information content (AvgIpc) is 2.58. The molecule has 0 amide bonds. The number of rotatable bonds is 2. The molecule has 2 rings (SSSR count). The Labute approximate surface area is 94.7 Å². The average molecular weight is 245 g/mol. The topological polar surface area (TPSA) is 55.1 Å². The summed E-state index contributed by atoms with van der Waals surface area (Å²) in [4.78, 5) is 0. The van der Waals surface area contributed by atoms with Crippen molar-refractivity contribution in [2.24, 2.45) is 0 Å². The van der Waals surface area contributed by atoms with Gasteiger partial charge >= 0.3 is 6.18 Å². The van der Waals surface area contributed by atoms with Crippen molar-refractivity contribution in [3.8, 4) is 0 Å². The molecule has 2 aromatic heterocycles. The number of halogens is 3. The second kappa shape index (κ2) is 3.86. The molecule has 0 aliphatic carbocycles. The molecule has 17 heavy (non-hydrogen) atoms. The fourth-order valence-corrected chi connectivity index (χ4v) is 1.34. The van der Waals surface area contributed by atoms with Crippen LogP contribution in [0.2, 0.25) is 0 Å². The number of hydrogen-bond acceptors (Lipinski definition) is 4. The van der Waals surface area contributed by atoms with Crippen LogP contribution in [-0.2, 0) is 6.18 Å². The Morgan fingerprint density at radius 3 is 2.53 bits per heavy atom. The molecule has 92 valence electrons. The Morgan fingerprint density at radius 2 is 1.94 bits per heavy atom. The quantitative estimate of drug-likeness (QED) is 0.878. The highest BCUT2D eigenvalue weighted by atomic mass is 19.4. The molecule has 0 bridgehead atoms. The lowest BCUT2D eigenvalue weighted by atomic mass is 10.4. The maximum Gasteiger partial charge on any atom is 0.453 e. The van der Waals surface area contributed by atoms with E-state index in [9.17, 15) is 13.2 Å². The first-order valence-electron chi connectivity index (χ1n) is 4.94. The standard InChI is InChI=1S/C9H10F3N5/c1-5(2)13-6-3-4-7-14-15-8(9(10,11)12)17(7)16-6/h3-5H,1-2H3,(H,13,16). The van der Waals surface area contributed by atoms with E-state index in [1.807, 2.05) is 13.8 Å². The van der Waals surface area contributed by atoms with Crippen molar-refractivity contribution >= 4 is 11.5 Å². The highest BCUT2D eigenvalue weighted by Crippen LogP contribution is 2.27. The summed E-state index contributed by atoms with van der Waals surface area (Å²) in [7, 11) is 0. The number of alkyl halides is 3. The van der Waals surface area contributed by atoms with Crippen LogP contribution in [0.3, 0.4) is 0 Å². The van der Waals surface area contributed by atoms with Gasteiger partial charge in [0.1, 0.15) is 5.82 Å². The summed E-state index contributed by atoms with van der Waals surface area (Å²) in [5, 5.41) is 13.2. The first-order valence-corrected chi connectivity index (χ1v) is 4.94. The molecule has 2 heterocycles. The lowest BCUT2D eigenvalue weighted by Gasteiger charge is -2.09. The summed E-state index contributed by atoms with van der Waals surface area (Å²) >= 11 is 0. The smallest absolute Gasteiger partial charge is 0.366 e. The van der Waals surface area contributed by atoms with E-state index in [2.05, 4.69) is 20.6 Å². The van der Waals surface area contributed by atoms with Gasteiger partial charge in [0.25, 0.3) is 5.82 Å². The van der Waals surface area contributed by atoms with Gasteiger partial charge in [0.2, 0.25) is 0 Å². The van der Waals surface area contributed by atoms with Crippen molar-refractivity contribution in [2.75, 3.05) is 5.32 Å². The third-order valence-electron chi connectivity index (χ3n) is 1.95. The number of anilines is 1. The van der Waals surface area contributed by atoms with Crippen LogP contribution in [0.4, 0.5) is 19.0 Å². The fraction of sp³-hybridized carbons (Fsp3) is 0.444. The van der Waals surface area contributed by atoms with Gasteiger partial charge in [-0.25, -0.2) is 0 Å². The molecule has 0 atom stereocenters. The zero-order valence-corrected chi connectivity index (χ0v) is 9.15. The molecule has 0 unspecified atom stereocenters. The van der Waals surface area contributed by atoms with Gasteiger partial charge in [-0.05, 0) is 26.0 Å². The highest BCUT2D eigenvalue weighted by molar-refractivity contribution is 5.44. The Balaban J connectivity index is 2.51. The minimum Gasteiger partial charge on any atom is -0.366 e. The van der Waals surface area contributed by atoms with Gasteiger partial charge in [-0.2, -0.15) is 17.7 Å². The predicted octanol–water partition coefficient (Wildman–Crippen LogP) is 1.96. The minimum absolute atomic E-state index is 0.0617. The van der Waals surface area contributed by atoms with Crippen LogP contribution in [0, 0.1) is 0 Å². The van der Waals surface area contributed by atoms with Gasteiger partial charge in [0.05, 0.1) is 0 Å². The Morgan fingerprint density at radius 1 is 1.24 bits per heavy atom. The zero-order valence-electron chi connectivity index (χ0n) is 9.15. The van der Waals surface area contributed by atoms with E-state index in [-0.39, 0.29) is 11.7 Å². The van der Waals surface area contributed by atoms with Gasteiger partial charge < -0.3 is 5.32 Å². The number of hydrogen-bond donors (Lipinski definition) is 1. The summed E-state index contributed by atoms with van der Waals surface area (Å²) in [6.45, 7) is 3.73. The molecule has 2 aromatic rings. The van der Waals surface area contributed by atoms with Crippen molar-refractivity contribution in [3.05, 3.63) is 18.0 Å². The maximum atomic E-state index is 12.6. The maximum absolute atomic E-state index is 12.6. The summed E-state index contributed by atoms with van der Waals surface area (Å²) in [5.41, 5.74) is 0.0617. The second-order valence-corrected chi connectivity index (χ2v) is 3.81. The highest BCUT2D eigenvalue weighted by Gasteiger charge is 2.37. The van der Waals surface area contributed by atoms with Gasteiger partial charge in [0.15, 0.2) is 5.65 Å². The fourth-order valence-electron chi connectivity index (χ4n) is 1.34. The number of nitrogens with zero attached hydrogens (tertiary/aromatic N) is 4. The van der Waals surface area contributed by atoms with Gasteiger partial charge in [0, 0.05) is 6.04 Å². The van der Waals surface area contributed by atoms with E-state index >= 15 is 0 Å². The van der Waals surface area contributed by atoms with E-state index in [1.165, 1.54) is 6.07 Å². The summed E-state index contributed by atoms with van der Waals surface area (Å²) < 4.78 is 38.4. The Bertz CT molecular complexity index is 531. The first kappa shape index (κ1) is 11.6. The molecule has 0 aliphatic rings. The lowest BCUT2D eigenvalue weighted by molar-refractivity contribution is -0.146. The molecule has 0 fully saturated rings. The summed E-state index contributed by atoms with van der Waals surface area (Å²) in [6.07, 6.45) is -4.57. The first-order chi connectivity index (χ1) is 7.88. The molecule has 0 spiro atoms. The number of nitrogens with one attached hydrogen (secondary N) is 1. The largest absolute Gasteiger partial charge is 0.453 e. The van der Waals surface area contributed by atoms with Crippen molar-refractivity contribution in [1.82, 2.24) is 19.8 Å². The zero-order chi connectivity index (χ0) is 12.6. The third-order valence-corrected chi connectivity index (χ3v) is 1.95. The van der Waals surface area contributed by atoms with Gasteiger partial charge in [-0.15, -0.1) is 15.3 Å².